The first-order valence-electron chi connectivity index (χ1n) is 8.67. The Morgan fingerprint density at radius 1 is 0.964 bits per heavy atom. The first kappa shape index (κ1) is 19.4. The zero-order valence-corrected chi connectivity index (χ0v) is 16.0. The van der Waals surface area contributed by atoms with E-state index in [0.717, 1.165) is 5.56 Å². The molecule has 1 aromatic carbocycles. The second-order valence-corrected chi connectivity index (χ2v) is 6.34. The van der Waals surface area contributed by atoms with E-state index in [1.165, 1.54) is 0 Å². The smallest absolute Gasteiger partial charge is 0.319 e. The van der Waals surface area contributed by atoms with Crippen LogP contribution in [0.2, 0.25) is 5.02 Å². The molecule has 0 aliphatic carbocycles. The van der Waals surface area contributed by atoms with E-state index in [1.807, 2.05) is 19.1 Å². The Balaban J connectivity index is 1.39. The molecule has 4 N–H and O–H groups in total. The number of para-hydroxylation sites is 1. The Morgan fingerprint density at radius 3 is 2.43 bits per heavy atom. The highest BCUT2D eigenvalue weighted by molar-refractivity contribution is 6.33. The first-order valence-corrected chi connectivity index (χ1v) is 9.04. The van der Waals surface area contributed by atoms with Crippen molar-refractivity contribution in [1.29, 1.82) is 0 Å². The molecule has 0 saturated carbocycles. The molecular weight excluding hydrogens is 378 g/mol. The number of anilines is 4. The number of pyridine rings is 1. The van der Waals surface area contributed by atoms with E-state index in [1.54, 1.807) is 42.6 Å². The summed E-state index contributed by atoms with van der Waals surface area (Å²) >= 11 is 6.00. The van der Waals surface area contributed by atoms with Gasteiger partial charge in [-0.3, -0.25) is 0 Å². The van der Waals surface area contributed by atoms with Crippen molar-refractivity contribution in [3.8, 4) is 0 Å². The van der Waals surface area contributed by atoms with Gasteiger partial charge in [-0.15, -0.1) is 10.2 Å². The van der Waals surface area contributed by atoms with Crippen LogP contribution in [-0.4, -0.2) is 34.3 Å². The van der Waals surface area contributed by atoms with Gasteiger partial charge in [-0.25, -0.2) is 9.78 Å². The van der Waals surface area contributed by atoms with Crippen LogP contribution >= 0.6 is 11.6 Å². The van der Waals surface area contributed by atoms with E-state index >= 15 is 0 Å². The van der Waals surface area contributed by atoms with Gasteiger partial charge in [0.25, 0.3) is 0 Å². The Bertz CT molecular complexity index is 916. The van der Waals surface area contributed by atoms with E-state index in [9.17, 15) is 4.79 Å². The number of hydrogen-bond acceptors (Lipinski definition) is 6. The second-order valence-electron chi connectivity index (χ2n) is 5.94. The molecular formula is C19H20ClN7O. The quantitative estimate of drug-likeness (QED) is 0.452. The van der Waals surface area contributed by atoms with Crippen molar-refractivity contribution in [3.05, 3.63) is 65.3 Å². The second kappa shape index (κ2) is 9.52. The fourth-order valence-corrected chi connectivity index (χ4v) is 2.44. The molecule has 3 rings (SSSR count). The summed E-state index contributed by atoms with van der Waals surface area (Å²) in [5, 5.41) is 20.3. The number of hydrogen-bond donors (Lipinski definition) is 4. The maximum absolute atomic E-state index is 11.9. The summed E-state index contributed by atoms with van der Waals surface area (Å²) < 4.78 is 0. The van der Waals surface area contributed by atoms with Gasteiger partial charge in [-0.1, -0.05) is 29.8 Å². The van der Waals surface area contributed by atoms with Crippen LogP contribution in [0.15, 0.2) is 54.7 Å². The molecule has 0 fully saturated rings. The monoisotopic (exact) mass is 397 g/mol. The van der Waals surface area contributed by atoms with E-state index < -0.39 is 0 Å². The third-order valence-electron chi connectivity index (χ3n) is 3.67. The zero-order valence-electron chi connectivity index (χ0n) is 15.2. The van der Waals surface area contributed by atoms with Crippen molar-refractivity contribution < 1.29 is 4.79 Å². The minimum absolute atomic E-state index is 0.328. The molecule has 0 radical (unpaired) electrons. The summed E-state index contributed by atoms with van der Waals surface area (Å²) in [4.78, 5) is 16.1. The van der Waals surface area contributed by atoms with Crippen molar-refractivity contribution in [3.63, 3.8) is 0 Å². The zero-order chi connectivity index (χ0) is 19.8. The van der Waals surface area contributed by atoms with E-state index in [2.05, 4.69) is 36.4 Å². The lowest BCUT2D eigenvalue weighted by Gasteiger charge is -2.10. The predicted molar refractivity (Wildman–Crippen MR) is 111 cm³/mol. The van der Waals surface area contributed by atoms with Crippen molar-refractivity contribution in [1.82, 2.24) is 20.5 Å². The third kappa shape index (κ3) is 5.82. The first-order chi connectivity index (χ1) is 13.6. The number of carbonyl (C=O) groups is 1. The van der Waals surface area contributed by atoms with Crippen LogP contribution < -0.4 is 21.3 Å². The summed E-state index contributed by atoms with van der Waals surface area (Å²) in [5.41, 5.74) is 1.65. The Kier molecular flexibility index (Phi) is 6.59. The molecule has 144 valence electrons. The van der Waals surface area contributed by atoms with Gasteiger partial charge in [0.2, 0.25) is 0 Å². The molecule has 0 atom stereocenters. The van der Waals surface area contributed by atoms with Crippen LogP contribution in [0.1, 0.15) is 5.56 Å². The lowest BCUT2D eigenvalue weighted by molar-refractivity contribution is 0.252. The van der Waals surface area contributed by atoms with Crippen LogP contribution in [0.4, 0.5) is 27.9 Å². The molecule has 3 aromatic rings. The van der Waals surface area contributed by atoms with Crippen LogP contribution in [0.25, 0.3) is 0 Å². The molecule has 0 aliphatic heterocycles. The van der Waals surface area contributed by atoms with Gasteiger partial charge in [-0.2, -0.15) is 0 Å². The SMILES string of the molecule is Cc1ccc(Nc2ccc(NCCNC(=O)Nc3ccccc3Cl)nn2)nc1. The molecule has 0 saturated heterocycles. The highest BCUT2D eigenvalue weighted by atomic mass is 35.5. The van der Waals surface area contributed by atoms with E-state index in [0.29, 0.717) is 41.3 Å². The standard InChI is InChI=1S/C19H20ClN7O/c1-13-6-7-16(23-12-13)25-18-9-8-17(26-27-18)21-10-11-22-19(28)24-15-5-3-2-4-14(15)20/h2-9,12H,10-11H2,1H3,(H,21,26)(H2,22,24,28)(H,23,25,27). The van der Waals surface area contributed by atoms with Gasteiger partial charge in [0.05, 0.1) is 10.7 Å². The van der Waals surface area contributed by atoms with Crippen LogP contribution in [0.5, 0.6) is 0 Å². The Morgan fingerprint density at radius 2 is 1.71 bits per heavy atom. The van der Waals surface area contributed by atoms with Gasteiger partial charge in [-0.05, 0) is 42.8 Å². The molecule has 0 aliphatic rings. The van der Waals surface area contributed by atoms with Crippen molar-refractivity contribution >= 4 is 40.8 Å². The van der Waals surface area contributed by atoms with Crippen molar-refractivity contribution in [2.45, 2.75) is 6.92 Å². The Hall–Kier alpha value is -3.39. The number of aromatic nitrogens is 3. The van der Waals surface area contributed by atoms with Crippen LogP contribution in [0.3, 0.4) is 0 Å². The molecule has 9 heteroatoms. The summed E-state index contributed by atoms with van der Waals surface area (Å²) in [6.45, 7) is 2.88. The minimum Gasteiger partial charge on any atom is -0.367 e. The number of rotatable bonds is 7. The third-order valence-corrected chi connectivity index (χ3v) is 4.00. The maximum atomic E-state index is 11.9. The van der Waals surface area contributed by atoms with Gasteiger partial charge >= 0.3 is 6.03 Å². The van der Waals surface area contributed by atoms with E-state index in [4.69, 9.17) is 11.6 Å². The molecule has 0 bridgehead atoms. The maximum Gasteiger partial charge on any atom is 0.319 e. The fourth-order valence-electron chi connectivity index (χ4n) is 2.26. The van der Waals surface area contributed by atoms with Gasteiger partial charge in [0, 0.05) is 19.3 Å². The highest BCUT2D eigenvalue weighted by Crippen LogP contribution is 2.20. The number of nitrogens with one attached hydrogen (secondary N) is 4. The number of carbonyl (C=O) groups excluding carboxylic acids is 1. The van der Waals surface area contributed by atoms with E-state index in [-0.39, 0.29) is 6.03 Å². The molecule has 2 aromatic heterocycles. The topological polar surface area (TPSA) is 104 Å². The van der Waals surface area contributed by atoms with Crippen LogP contribution in [-0.2, 0) is 0 Å². The molecule has 28 heavy (non-hydrogen) atoms. The summed E-state index contributed by atoms with van der Waals surface area (Å²) in [7, 11) is 0. The summed E-state index contributed by atoms with van der Waals surface area (Å²) in [6, 6.07) is 14.2. The van der Waals surface area contributed by atoms with Gasteiger partial charge in [0.1, 0.15) is 11.6 Å². The number of amides is 2. The molecule has 2 amide bonds. The van der Waals surface area contributed by atoms with Crippen molar-refractivity contribution in [2.24, 2.45) is 0 Å². The molecule has 2 heterocycles. The van der Waals surface area contributed by atoms with Gasteiger partial charge < -0.3 is 21.3 Å². The predicted octanol–water partition coefficient (Wildman–Crippen LogP) is 3.81. The molecule has 8 nitrogen and oxygen atoms in total. The highest BCUT2D eigenvalue weighted by Gasteiger charge is 2.04. The lowest BCUT2D eigenvalue weighted by atomic mass is 10.3. The Labute approximate surface area is 167 Å². The normalized spacial score (nSPS) is 10.2. The average Bonchev–Trinajstić information content (AvgIpc) is 2.70. The number of aryl methyl sites for hydroxylation is 1. The molecule has 0 spiro atoms. The minimum atomic E-state index is -0.328. The van der Waals surface area contributed by atoms with Crippen molar-refractivity contribution in [2.75, 3.05) is 29.0 Å². The molecule has 0 unspecified atom stereocenters. The summed E-state index contributed by atoms with van der Waals surface area (Å²) in [6.07, 6.45) is 1.78. The fraction of sp³-hybridized carbons (Fsp3) is 0.158. The number of halogens is 1. The largest absolute Gasteiger partial charge is 0.367 e. The van der Waals surface area contributed by atoms with Crippen LogP contribution in [0, 0.1) is 6.92 Å². The number of urea groups is 1. The average molecular weight is 398 g/mol. The number of benzene rings is 1. The van der Waals surface area contributed by atoms with Gasteiger partial charge in [0.15, 0.2) is 5.82 Å². The lowest BCUT2D eigenvalue weighted by Crippen LogP contribution is -2.32. The number of nitrogens with zero attached hydrogens (tertiary/aromatic N) is 3. The summed E-state index contributed by atoms with van der Waals surface area (Å²) in [5.74, 6) is 1.91.